The number of aromatic nitrogens is 3. The van der Waals surface area contributed by atoms with Gasteiger partial charge in [0.15, 0.2) is 0 Å². The summed E-state index contributed by atoms with van der Waals surface area (Å²) in [6.45, 7) is 8.54. The number of nitrogens with one attached hydrogen (secondary N) is 1. The van der Waals surface area contributed by atoms with Crippen molar-refractivity contribution in [2.75, 3.05) is 18.4 Å². The predicted octanol–water partition coefficient (Wildman–Crippen LogP) is 4.86. The van der Waals surface area contributed by atoms with E-state index in [9.17, 15) is 15.0 Å². The molecule has 1 unspecified atom stereocenters. The van der Waals surface area contributed by atoms with Gasteiger partial charge in [0, 0.05) is 42.5 Å². The van der Waals surface area contributed by atoms with Gasteiger partial charge in [0.05, 0.1) is 23.5 Å². The summed E-state index contributed by atoms with van der Waals surface area (Å²) in [5.74, 6) is 1.15. The van der Waals surface area contributed by atoms with E-state index in [1.807, 2.05) is 39.8 Å². The van der Waals surface area contributed by atoms with E-state index in [1.54, 1.807) is 12.4 Å². The number of hydrogen-bond acceptors (Lipinski definition) is 8. The van der Waals surface area contributed by atoms with E-state index in [1.165, 1.54) is 24.2 Å². The smallest absolute Gasteiger partial charge is 0.257 e. The van der Waals surface area contributed by atoms with Crippen molar-refractivity contribution in [2.24, 2.45) is 0 Å². The maximum absolute atomic E-state index is 12.2. The quantitative estimate of drug-likeness (QED) is 0.461. The van der Waals surface area contributed by atoms with Gasteiger partial charge in [-0.25, -0.2) is 15.0 Å². The van der Waals surface area contributed by atoms with E-state index in [4.69, 9.17) is 0 Å². The van der Waals surface area contributed by atoms with Gasteiger partial charge in [-0.2, -0.15) is 0 Å². The number of hydrogen-bond donors (Lipinski definition) is 2. The van der Waals surface area contributed by atoms with Crippen LogP contribution in [0.1, 0.15) is 75.1 Å². The molecule has 3 aromatic rings. The van der Waals surface area contributed by atoms with Crippen LogP contribution in [0.4, 0.5) is 16.4 Å². The molecule has 9 heteroatoms. The SMILES string of the molecule is Cc1cc(Nc2nccc(C3CC3)n2)cc(-c2cnc([C@]3(O)CCC[N+](C(=O)[O-])(C(C)(C)C)CC3)s2)c1. The zero-order chi connectivity index (χ0) is 26.4. The molecular weight excluding hydrogens is 486 g/mol. The molecule has 0 spiro atoms. The predicted molar refractivity (Wildman–Crippen MR) is 142 cm³/mol. The normalized spacial score (nSPS) is 24.5. The second-order valence-electron chi connectivity index (χ2n) is 11.6. The van der Waals surface area contributed by atoms with E-state index in [2.05, 4.69) is 32.4 Å². The first-order valence-corrected chi connectivity index (χ1v) is 13.8. The van der Waals surface area contributed by atoms with Gasteiger partial charge >= 0.3 is 0 Å². The maximum atomic E-state index is 12.2. The number of likely N-dealkylation sites (tertiary alicyclic amines) is 1. The van der Waals surface area contributed by atoms with Crippen LogP contribution >= 0.6 is 11.3 Å². The number of anilines is 2. The molecule has 0 bridgehead atoms. The Labute approximate surface area is 222 Å². The lowest BCUT2D eigenvalue weighted by molar-refractivity contribution is -0.919. The summed E-state index contributed by atoms with van der Waals surface area (Å²) in [5, 5.41) is 27.8. The molecule has 196 valence electrons. The van der Waals surface area contributed by atoms with Gasteiger partial charge in [0.2, 0.25) is 5.95 Å². The van der Waals surface area contributed by atoms with Crippen LogP contribution in [0.25, 0.3) is 10.4 Å². The molecule has 1 saturated carbocycles. The van der Waals surface area contributed by atoms with E-state index < -0.39 is 17.2 Å². The molecule has 2 atom stereocenters. The monoisotopic (exact) mass is 521 g/mol. The van der Waals surface area contributed by atoms with Gasteiger partial charge in [-0.1, -0.05) is 6.07 Å². The average Bonchev–Trinajstić information content (AvgIpc) is 3.59. The van der Waals surface area contributed by atoms with Gasteiger partial charge < -0.3 is 20.3 Å². The maximum Gasteiger partial charge on any atom is 0.257 e. The highest BCUT2D eigenvalue weighted by molar-refractivity contribution is 7.15. The number of thiazole rings is 1. The number of quaternary nitrogens is 1. The van der Waals surface area contributed by atoms with Gasteiger partial charge in [-0.05, 0) is 76.3 Å². The Balaban J connectivity index is 1.38. The van der Waals surface area contributed by atoms with Crippen LogP contribution in [0.2, 0.25) is 0 Å². The van der Waals surface area contributed by atoms with E-state index >= 15 is 0 Å². The molecule has 5 rings (SSSR count). The van der Waals surface area contributed by atoms with Crippen molar-refractivity contribution in [1.82, 2.24) is 15.0 Å². The highest BCUT2D eigenvalue weighted by Crippen LogP contribution is 2.42. The van der Waals surface area contributed by atoms with Crippen molar-refractivity contribution < 1.29 is 19.5 Å². The first kappa shape index (κ1) is 25.8. The van der Waals surface area contributed by atoms with Gasteiger partial charge in [0.1, 0.15) is 10.6 Å². The van der Waals surface area contributed by atoms with E-state index in [-0.39, 0.29) is 4.48 Å². The summed E-state index contributed by atoms with van der Waals surface area (Å²) in [6, 6.07) is 8.19. The molecule has 2 fully saturated rings. The number of rotatable bonds is 5. The van der Waals surface area contributed by atoms with Crippen molar-refractivity contribution >= 4 is 29.1 Å². The second kappa shape index (κ2) is 9.45. The van der Waals surface area contributed by atoms with Crippen LogP contribution in [-0.2, 0) is 5.60 Å². The van der Waals surface area contributed by atoms with Crippen LogP contribution in [0.15, 0.2) is 36.7 Å². The minimum Gasteiger partial charge on any atom is -0.498 e. The lowest BCUT2D eigenvalue weighted by Gasteiger charge is -2.47. The standard InChI is InChI=1S/C28H35N5O3S/c1-18-14-20(16-21(15-18)31-25-29-11-8-22(32-25)19-6-7-19)23-17-30-24(37-23)28(36)9-5-12-33(13-10-28,26(34)35)27(2,3)4/h8,11,14-17,19,36H,5-7,9-10,12-13H2,1-4H3,(H-,29,31,32,34,35)/t28-,33?/m0/s1. The summed E-state index contributed by atoms with van der Waals surface area (Å²) >= 11 is 1.46. The molecule has 0 radical (unpaired) electrons. The largest absolute Gasteiger partial charge is 0.498 e. The van der Waals surface area contributed by atoms with Crippen molar-refractivity contribution in [3.8, 4) is 10.4 Å². The molecule has 2 aliphatic rings. The number of carbonyl (C=O) groups is 1. The topological polar surface area (TPSA) is 111 Å². The summed E-state index contributed by atoms with van der Waals surface area (Å²) in [6.07, 6.45) is 6.27. The Kier molecular flexibility index (Phi) is 6.58. The third-order valence-corrected chi connectivity index (χ3v) is 9.11. The first-order valence-electron chi connectivity index (χ1n) is 13.0. The summed E-state index contributed by atoms with van der Waals surface area (Å²) in [4.78, 5) is 26.8. The fourth-order valence-electron chi connectivity index (χ4n) is 5.38. The minimum absolute atomic E-state index is 0.162. The third kappa shape index (κ3) is 5.12. The summed E-state index contributed by atoms with van der Waals surface area (Å²) < 4.78 is -0.162. The lowest BCUT2D eigenvalue weighted by atomic mass is 9.95. The van der Waals surface area contributed by atoms with Gasteiger partial charge in [-0.3, -0.25) is 4.48 Å². The zero-order valence-electron chi connectivity index (χ0n) is 22.0. The molecule has 1 aliphatic carbocycles. The fraction of sp³-hybridized carbons (Fsp3) is 0.500. The first-order chi connectivity index (χ1) is 17.5. The molecular formula is C28H35N5O3S. The van der Waals surface area contributed by atoms with Crippen LogP contribution in [0.3, 0.4) is 0 Å². The summed E-state index contributed by atoms with van der Waals surface area (Å²) in [7, 11) is 0. The molecule has 37 heavy (non-hydrogen) atoms. The molecule has 2 aromatic heterocycles. The van der Waals surface area contributed by atoms with Crippen molar-refractivity contribution in [1.29, 1.82) is 0 Å². The molecule has 2 N–H and O–H groups in total. The van der Waals surface area contributed by atoms with Crippen LogP contribution < -0.4 is 10.4 Å². The van der Waals surface area contributed by atoms with Crippen molar-refractivity contribution in [3.63, 3.8) is 0 Å². The number of amides is 1. The highest BCUT2D eigenvalue weighted by atomic mass is 32.1. The van der Waals surface area contributed by atoms with Crippen molar-refractivity contribution in [3.05, 3.63) is 52.9 Å². The Bertz CT molecular complexity index is 1320. The lowest BCUT2D eigenvalue weighted by Crippen LogP contribution is -2.68. The molecule has 8 nitrogen and oxygen atoms in total. The van der Waals surface area contributed by atoms with E-state index in [0.717, 1.165) is 27.4 Å². The Hall–Kier alpha value is -2.88. The second-order valence-corrected chi connectivity index (χ2v) is 12.6. The highest BCUT2D eigenvalue weighted by Gasteiger charge is 2.48. The number of carboxylic acid groups (broad SMARTS) is 1. The van der Waals surface area contributed by atoms with Gasteiger partial charge in [-0.15, -0.1) is 11.3 Å². The van der Waals surface area contributed by atoms with Crippen LogP contribution in [-0.4, -0.2) is 49.3 Å². The molecule has 1 aromatic carbocycles. The number of nitrogens with zero attached hydrogens (tertiary/aromatic N) is 4. The Morgan fingerprint density at radius 1 is 1.19 bits per heavy atom. The zero-order valence-corrected chi connectivity index (χ0v) is 22.8. The Morgan fingerprint density at radius 3 is 2.68 bits per heavy atom. The van der Waals surface area contributed by atoms with E-state index in [0.29, 0.717) is 49.2 Å². The Morgan fingerprint density at radius 2 is 1.97 bits per heavy atom. The molecule has 1 saturated heterocycles. The minimum atomic E-state index is -1.16. The fourth-order valence-corrected chi connectivity index (χ4v) is 6.43. The van der Waals surface area contributed by atoms with Crippen molar-refractivity contribution in [2.45, 2.75) is 76.9 Å². The average molecular weight is 522 g/mol. The summed E-state index contributed by atoms with van der Waals surface area (Å²) in [5.41, 5.74) is 2.38. The number of aryl methyl sites for hydroxylation is 1. The van der Waals surface area contributed by atoms with Crippen LogP contribution in [0.5, 0.6) is 0 Å². The molecule has 1 amide bonds. The molecule has 1 aliphatic heterocycles. The molecule has 3 heterocycles. The third-order valence-electron chi connectivity index (χ3n) is 7.87. The van der Waals surface area contributed by atoms with Crippen LogP contribution in [0, 0.1) is 6.92 Å². The number of aliphatic hydroxyl groups is 1. The number of benzene rings is 1. The van der Waals surface area contributed by atoms with Gasteiger partial charge in [0.25, 0.3) is 6.09 Å². The number of carbonyl (C=O) groups excluding carboxylic acids is 1.